The third kappa shape index (κ3) is 5.25. The van der Waals surface area contributed by atoms with Crippen molar-refractivity contribution < 1.29 is 19.4 Å². The molecule has 0 bridgehead atoms. The summed E-state index contributed by atoms with van der Waals surface area (Å²) in [6.45, 7) is 2.46. The highest BCUT2D eigenvalue weighted by Gasteiger charge is 2.30. The minimum Gasteiger partial charge on any atom is -0.478 e. The molecule has 0 saturated heterocycles. The Bertz CT molecular complexity index is 950. The van der Waals surface area contributed by atoms with Crippen molar-refractivity contribution in [2.24, 2.45) is 0 Å². The van der Waals surface area contributed by atoms with Crippen molar-refractivity contribution in [1.82, 2.24) is 9.03 Å². The fourth-order valence-electron chi connectivity index (χ4n) is 2.80. The van der Waals surface area contributed by atoms with Gasteiger partial charge in [-0.2, -0.15) is 0 Å². The van der Waals surface area contributed by atoms with Crippen LogP contribution in [0.1, 0.15) is 34.5 Å². The van der Waals surface area contributed by atoms with Crippen molar-refractivity contribution >= 4 is 47.3 Å². The van der Waals surface area contributed by atoms with Crippen LogP contribution in [0.5, 0.6) is 0 Å². The molecular formula is C20H18Cl2N2O4S. The number of hydrogen-bond donors (Lipinski definition) is 2. The van der Waals surface area contributed by atoms with Gasteiger partial charge < -0.3 is 14.1 Å². The zero-order chi connectivity index (χ0) is 21.0. The number of nitrogens with one attached hydrogen (secondary N) is 1. The molecular weight excluding hydrogens is 435 g/mol. The summed E-state index contributed by atoms with van der Waals surface area (Å²) >= 11 is 13.6. The lowest BCUT2D eigenvalue weighted by Gasteiger charge is -2.31. The van der Waals surface area contributed by atoms with Gasteiger partial charge in [0, 0.05) is 28.4 Å². The first-order valence-corrected chi connectivity index (χ1v) is 10.3. The predicted molar refractivity (Wildman–Crippen MR) is 114 cm³/mol. The third-order valence-corrected chi connectivity index (χ3v) is 5.58. The van der Waals surface area contributed by atoms with Crippen molar-refractivity contribution in [3.05, 3.63) is 81.0 Å². The molecule has 0 fully saturated rings. The summed E-state index contributed by atoms with van der Waals surface area (Å²) in [5.41, 5.74) is 2.25. The highest BCUT2D eigenvalue weighted by molar-refractivity contribution is 7.95. The Labute approximate surface area is 182 Å². The molecule has 152 valence electrons. The van der Waals surface area contributed by atoms with E-state index in [1.807, 2.05) is 4.31 Å². The van der Waals surface area contributed by atoms with Gasteiger partial charge in [-0.15, -0.1) is 0 Å². The number of hydrogen-bond acceptors (Lipinski definition) is 6. The van der Waals surface area contributed by atoms with Gasteiger partial charge in [0.25, 0.3) is 0 Å². The Morgan fingerprint density at radius 2 is 1.93 bits per heavy atom. The van der Waals surface area contributed by atoms with Crippen LogP contribution in [0.4, 0.5) is 0 Å². The van der Waals surface area contributed by atoms with E-state index in [1.165, 1.54) is 12.1 Å². The van der Waals surface area contributed by atoms with Gasteiger partial charge in [0.2, 0.25) is 0 Å². The van der Waals surface area contributed by atoms with Crippen molar-refractivity contribution in [3.8, 4) is 0 Å². The van der Waals surface area contributed by atoms with E-state index in [1.54, 1.807) is 55.6 Å². The van der Waals surface area contributed by atoms with Gasteiger partial charge in [-0.25, -0.2) is 14.3 Å². The topological polar surface area (TPSA) is 78.9 Å². The molecule has 2 N–H and O–H groups in total. The molecule has 3 rings (SSSR count). The molecule has 0 aromatic heterocycles. The smallest absolute Gasteiger partial charge is 0.337 e. The Morgan fingerprint density at radius 3 is 2.55 bits per heavy atom. The van der Waals surface area contributed by atoms with Crippen molar-refractivity contribution in [2.75, 3.05) is 6.61 Å². The van der Waals surface area contributed by atoms with Crippen LogP contribution in [-0.2, 0) is 16.1 Å². The van der Waals surface area contributed by atoms with Gasteiger partial charge >= 0.3 is 11.9 Å². The van der Waals surface area contributed by atoms with E-state index in [0.29, 0.717) is 27.7 Å². The molecule has 0 saturated carbocycles. The van der Waals surface area contributed by atoms with E-state index in [0.717, 1.165) is 5.56 Å². The Hall–Kier alpha value is -2.19. The molecule has 29 heavy (non-hydrogen) atoms. The quantitative estimate of drug-likeness (QED) is 0.478. The summed E-state index contributed by atoms with van der Waals surface area (Å²) in [6.07, 6.45) is 1.72. The van der Waals surface area contributed by atoms with Crippen molar-refractivity contribution in [2.45, 2.75) is 19.5 Å². The van der Waals surface area contributed by atoms with E-state index in [4.69, 9.17) is 33.0 Å². The summed E-state index contributed by atoms with van der Waals surface area (Å²) < 4.78 is 10.3. The summed E-state index contributed by atoms with van der Waals surface area (Å²) in [5.74, 6) is -1.42. The number of nitrogens with zero attached hydrogens (tertiary/aromatic N) is 1. The number of rotatable bonds is 6. The van der Waals surface area contributed by atoms with Crippen LogP contribution in [0, 0.1) is 0 Å². The molecule has 1 aliphatic rings. The van der Waals surface area contributed by atoms with Crippen LogP contribution in [0.25, 0.3) is 0 Å². The van der Waals surface area contributed by atoms with Gasteiger partial charge in [-0.1, -0.05) is 41.4 Å². The van der Waals surface area contributed by atoms with E-state index in [2.05, 4.69) is 4.72 Å². The highest BCUT2D eigenvalue weighted by atomic mass is 35.5. The average Bonchev–Trinajstić information content (AvgIpc) is 2.69. The minimum atomic E-state index is -0.974. The number of ether oxygens (including phenoxy) is 1. The average molecular weight is 453 g/mol. The molecule has 6 nitrogen and oxygen atoms in total. The number of halogens is 2. The van der Waals surface area contributed by atoms with Crippen LogP contribution in [-0.4, -0.2) is 28.0 Å². The second-order valence-electron chi connectivity index (χ2n) is 6.19. The van der Waals surface area contributed by atoms with Crippen LogP contribution < -0.4 is 4.72 Å². The second-order valence-corrected chi connectivity index (χ2v) is 7.92. The molecule has 0 amide bonds. The maximum Gasteiger partial charge on any atom is 0.337 e. The molecule has 2 aromatic carbocycles. The molecule has 1 heterocycles. The van der Waals surface area contributed by atoms with Crippen LogP contribution >= 0.6 is 35.3 Å². The normalized spacial score (nSPS) is 16.3. The standard InChI is InChI=1S/C20H18Cl2N2O4S/c1-2-28-20(27)16-11-24(10-12-3-5-13(6-4-12)19(25)26)29-23-18(16)15-8-7-14(21)9-17(15)22/h3-9,11,18,23H,2,10H2,1H3,(H,25,26). The molecule has 1 atom stereocenters. The fourth-order valence-corrected chi connectivity index (χ4v) is 4.19. The Morgan fingerprint density at radius 1 is 1.21 bits per heavy atom. The van der Waals surface area contributed by atoms with E-state index in [-0.39, 0.29) is 12.2 Å². The van der Waals surface area contributed by atoms with Crippen LogP contribution in [0.15, 0.2) is 54.2 Å². The molecule has 0 radical (unpaired) electrons. The van der Waals surface area contributed by atoms with Gasteiger partial charge in [0.1, 0.15) is 0 Å². The highest BCUT2D eigenvalue weighted by Crippen LogP contribution is 2.36. The largest absolute Gasteiger partial charge is 0.478 e. The number of carboxylic acid groups (broad SMARTS) is 1. The second kappa shape index (κ2) is 9.54. The molecule has 1 aliphatic heterocycles. The monoisotopic (exact) mass is 452 g/mol. The molecule has 1 unspecified atom stereocenters. The maximum atomic E-state index is 12.6. The van der Waals surface area contributed by atoms with Gasteiger partial charge in [0.05, 0.1) is 30.3 Å². The zero-order valence-electron chi connectivity index (χ0n) is 15.4. The predicted octanol–water partition coefficient (Wildman–Crippen LogP) is 4.85. The first kappa shape index (κ1) is 21.5. The maximum absolute atomic E-state index is 12.6. The first-order valence-electron chi connectivity index (χ1n) is 8.74. The zero-order valence-corrected chi connectivity index (χ0v) is 17.7. The van der Waals surface area contributed by atoms with Gasteiger partial charge in [0.15, 0.2) is 0 Å². The lowest BCUT2D eigenvalue weighted by atomic mass is 10.00. The number of carbonyl (C=O) groups excluding carboxylic acids is 1. The fraction of sp³-hybridized carbons (Fsp3) is 0.200. The van der Waals surface area contributed by atoms with Crippen LogP contribution in [0.2, 0.25) is 10.0 Å². The molecule has 0 spiro atoms. The summed E-state index contributed by atoms with van der Waals surface area (Å²) in [6, 6.07) is 11.2. The SMILES string of the molecule is CCOC(=O)C1=CN(Cc2ccc(C(=O)O)cc2)SNC1c1ccc(Cl)cc1Cl. The van der Waals surface area contributed by atoms with E-state index >= 15 is 0 Å². The molecule has 9 heteroatoms. The van der Waals surface area contributed by atoms with Crippen molar-refractivity contribution in [3.63, 3.8) is 0 Å². The lowest BCUT2D eigenvalue weighted by molar-refractivity contribution is -0.139. The number of carboxylic acids is 1. The third-order valence-electron chi connectivity index (χ3n) is 4.21. The van der Waals surface area contributed by atoms with Gasteiger partial charge in [-0.3, -0.25) is 0 Å². The summed E-state index contributed by atoms with van der Waals surface area (Å²) in [7, 11) is 0. The van der Waals surface area contributed by atoms with Crippen molar-refractivity contribution in [1.29, 1.82) is 0 Å². The Kier molecular flexibility index (Phi) is 7.08. The molecule has 2 aromatic rings. The molecule has 0 aliphatic carbocycles. The number of aromatic carboxylic acids is 1. The summed E-state index contributed by atoms with van der Waals surface area (Å²) in [4.78, 5) is 23.6. The van der Waals surface area contributed by atoms with E-state index < -0.39 is 18.0 Å². The summed E-state index contributed by atoms with van der Waals surface area (Å²) in [5, 5.41) is 9.97. The van der Waals surface area contributed by atoms with Gasteiger partial charge in [-0.05, 0) is 42.3 Å². The first-order chi connectivity index (χ1) is 13.9. The number of esters is 1. The van der Waals surface area contributed by atoms with Crippen LogP contribution in [0.3, 0.4) is 0 Å². The Balaban J connectivity index is 1.86. The minimum absolute atomic E-state index is 0.221. The van der Waals surface area contributed by atoms with E-state index in [9.17, 15) is 9.59 Å². The lowest BCUT2D eigenvalue weighted by Crippen LogP contribution is -2.32. The number of benzene rings is 2. The number of carbonyl (C=O) groups is 2.